The molecule has 0 saturated carbocycles. The summed E-state index contributed by atoms with van der Waals surface area (Å²) < 4.78 is 4.84. The van der Waals surface area contributed by atoms with Gasteiger partial charge in [0.05, 0.1) is 6.61 Å². The van der Waals surface area contributed by atoms with Crippen LogP contribution in [0.5, 0.6) is 0 Å². The van der Waals surface area contributed by atoms with Crippen LogP contribution in [0.15, 0.2) is 0 Å². The molecule has 0 amide bonds. The Labute approximate surface area is 80.1 Å². The Kier molecular flexibility index (Phi) is 4.83. The summed E-state index contributed by atoms with van der Waals surface area (Å²) in [5.41, 5.74) is 0. The van der Waals surface area contributed by atoms with Gasteiger partial charge in [0.2, 0.25) is 0 Å². The number of unbranched alkanes of at least 4 members (excludes halogenated alkanes) is 1. The average Bonchev–Trinajstić information content (AvgIpc) is 2.01. The van der Waals surface area contributed by atoms with Crippen LogP contribution in [0, 0.1) is 0 Å². The van der Waals surface area contributed by atoms with Gasteiger partial charge in [-0.2, -0.15) is 0 Å². The van der Waals surface area contributed by atoms with Crippen LogP contribution >= 0.6 is 0 Å². The third kappa shape index (κ3) is 4.27. The minimum Gasteiger partial charge on any atom is -0.466 e. The van der Waals surface area contributed by atoms with Crippen LogP contribution in [0.3, 0.4) is 0 Å². The SMILES string of the molecule is CCOC(=O)CCCCN1CCC1. The summed E-state index contributed by atoms with van der Waals surface area (Å²) in [4.78, 5) is 13.4. The Hall–Kier alpha value is -0.570. The van der Waals surface area contributed by atoms with E-state index in [0.717, 1.165) is 19.4 Å². The summed E-state index contributed by atoms with van der Waals surface area (Å²) in [5.74, 6) is -0.0499. The minimum atomic E-state index is -0.0499. The highest BCUT2D eigenvalue weighted by Crippen LogP contribution is 2.08. The number of rotatable bonds is 6. The largest absolute Gasteiger partial charge is 0.466 e. The fraction of sp³-hybridized carbons (Fsp3) is 0.900. The van der Waals surface area contributed by atoms with Gasteiger partial charge in [0.1, 0.15) is 0 Å². The van der Waals surface area contributed by atoms with Gasteiger partial charge in [-0.1, -0.05) is 0 Å². The molecule has 1 saturated heterocycles. The van der Waals surface area contributed by atoms with Crippen molar-refractivity contribution in [3.05, 3.63) is 0 Å². The zero-order valence-electron chi connectivity index (χ0n) is 8.42. The quantitative estimate of drug-likeness (QED) is 0.463. The van der Waals surface area contributed by atoms with E-state index in [-0.39, 0.29) is 5.97 Å². The lowest BCUT2D eigenvalue weighted by atomic mass is 10.2. The van der Waals surface area contributed by atoms with Crippen molar-refractivity contribution in [2.75, 3.05) is 26.2 Å². The molecule has 0 bridgehead atoms. The van der Waals surface area contributed by atoms with Gasteiger partial charge in [-0.15, -0.1) is 0 Å². The van der Waals surface area contributed by atoms with Crippen molar-refractivity contribution in [2.24, 2.45) is 0 Å². The zero-order valence-corrected chi connectivity index (χ0v) is 8.42. The molecule has 0 aromatic rings. The van der Waals surface area contributed by atoms with Crippen molar-refractivity contribution in [1.29, 1.82) is 0 Å². The fourth-order valence-corrected chi connectivity index (χ4v) is 1.44. The van der Waals surface area contributed by atoms with Gasteiger partial charge < -0.3 is 9.64 Å². The molecule has 76 valence electrons. The van der Waals surface area contributed by atoms with E-state index >= 15 is 0 Å². The second kappa shape index (κ2) is 5.97. The number of hydrogen-bond acceptors (Lipinski definition) is 3. The lowest BCUT2D eigenvalue weighted by molar-refractivity contribution is -0.143. The Balaban J connectivity index is 1.85. The number of likely N-dealkylation sites (tertiary alicyclic amines) is 1. The highest BCUT2D eigenvalue weighted by molar-refractivity contribution is 5.69. The molecule has 0 unspecified atom stereocenters. The molecule has 0 aromatic carbocycles. The van der Waals surface area contributed by atoms with Gasteiger partial charge in [0, 0.05) is 6.42 Å². The Morgan fingerprint density at radius 1 is 1.38 bits per heavy atom. The first-order valence-corrected chi connectivity index (χ1v) is 5.21. The molecule has 3 heteroatoms. The molecule has 13 heavy (non-hydrogen) atoms. The van der Waals surface area contributed by atoms with Crippen molar-refractivity contribution in [1.82, 2.24) is 4.90 Å². The van der Waals surface area contributed by atoms with Crippen molar-refractivity contribution in [3.63, 3.8) is 0 Å². The smallest absolute Gasteiger partial charge is 0.305 e. The summed E-state index contributed by atoms with van der Waals surface area (Å²) in [6.45, 7) is 6.00. The summed E-state index contributed by atoms with van der Waals surface area (Å²) in [7, 11) is 0. The fourth-order valence-electron chi connectivity index (χ4n) is 1.44. The van der Waals surface area contributed by atoms with Gasteiger partial charge in [0.25, 0.3) is 0 Å². The summed E-state index contributed by atoms with van der Waals surface area (Å²) in [6, 6.07) is 0. The molecule has 0 N–H and O–H groups in total. The predicted molar refractivity (Wildman–Crippen MR) is 51.5 cm³/mol. The highest BCUT2D eigenvalue weighted by Gasteiger charge is 2.12. The standard InChI is InChI=1S/C10H19NO2/c1-2-13-10(12)6-3-4-7-11-8-5-9-11/h2-9H2,1H3. The van der Waals surface area contributed by atoms with E-state index in [1.807, 2.05) is 6.92 Å². The van der Waals surface area contributed by atoms with E-state index in [2.05, 4.69) is 4.90 Å². The molecule has 0 aromatic heterocycles. The van der Waals surface area contributed by atoms with Crippen LogP contribution in [0.25, 0.3) is 0 Å². The lowest BCUT2D eigenvalue weighted by Crippen LogP contribution is -2.37. The molecule has 1 heterocycles. The second-order valence-electron chi connectivity index (χ2n) is 3.46. The van der Waals surface area contributed by atoms with E-state index in [1.165, 1.54) is 19.5 Å². The molecule has 1 rings (SSSR count). The summed E-state index contributed by atoms with van der Waals surface area (Å²) in [5, 5.41) is 0. The van der Waals surface area contributed by atoms with Crippen LogP contribution < -0.4 is 0 Å². The van der Waals surface area contributed by atoms with Gasteiger partial charge in [-0.25, -0.2) is 0 Å². The second-order valence-corrected chi connectivity index (χ2v) is 3.46. The van der Waals surface area contributed by atoms with E-state index < -0.39 is 0 Å². The van der Waals surface area contributed by atoms with E-state index in [4.69, 9.17) is 4.74 Å². The van der Waals surface area contributed by atoms with Crippen LogP contribution in [0.4, 0.5) is 0 Å². The molecule has 1 aliphatic rings. The topological polar surface area (TPSA) is 29.5 Å². The van der Waals surface area contributed by atoms with E-state index in [1.54, 1.807) is 0 Å². The molecule has 0 atom stereocenters. The first kappa shape index (κ1) is 10.5. The number of nitrogens with zero attached hydrogens (tertiary/aromatic N) is 1. The van der Waals surface area contributed by atoms with Crippen molar-refractivity contribution >= 4 is 5.97 Å². The average molecular weight is 185 g/mol. The van der Waals surface area contributed by atoms with Crippen molar-refractivity contribution < 1.29 is 9.53 Å². The van der Waals surface area contributed by atoms with Gasteiger partial charge in [0.15, 0.2) is 0 Å². The number of carbonyl (C=O) groups excluding carboxylic acids is 1. The third-order valence-corrected chi connectivity index (χ3v) is 2.36. The van der Waals surface area contributed by atoms with Crippen molar-refractivity contribution in [2.45, 2.75) is 32.6 Å². The zero-order chi connectivity index (χ0) is 9.52. The maximum absolute atomic E-state index is 10.9. The van der Waals surface area contributed by atoms with Gasteiger partial charge >= 0.3 is 5.97 Å². The highest BCUT2D eigenvalue weighted by atomic mass is 16.5. The predicted octanol–water partition coefficient (Wildman–Crippen LogP) is 1.43. The Morgan fingerprint density at radius 3 is 2.69 bits per heavy atom. The summed E-state index contributed by atoms with van der Waals surface area (Å²) >= 11 is 0. The Morgan fingerprint density at radius 2 is 2.15 bits per heavy atom. The summed E-state index contributed by atoms with van der Waals surface area (Å²) in [6.07, 6.45) is 4.02. The molecular weight excluding hydrogens is 166 g/mol. The first-order valence-electron chi connectivity index (χ1n) is 5.21. The number of esters is 1. The normalized spacial score (nSPS) is 16.7. The monoisotopic (exact) mass is 185 g/mol. The van der Waals surface area contributed by atoms with Crippen LogP contribution in [0.2, 0.25) is 0 Å². The molecule has 3 nitrogen and oxygen atoms in total. The van der Waals surface area contributed by atoms with Crippen LogP contribution in [-0.2, 0) is 9.53 Å². The van der Waals surface area contributed by atoms with Gasteiger partial charge in [-0.05, 0) is 45.8 Å². The number of ether oxygens (including phenoxy) is 1. The molecule has 0 radical (unpaired) electrons. The van der Waals surface area contributed by atoms with E-state index in [0.29, 0.717) is 13.0 Å². The molecular formula is C10H19NO2. The maximum atomic E-state index is 10.9. The van der Waals surface area contributed by atoms with Gasteiger partial charge in [-0.3, -0.25) is 4.79 Å². The molecule has 1 aliphatic heterocycles. The van der Waals surface area contributed by atoms with Crippen LogP contribution in [0.1, 0.15) is 32.6 Å². The minimum absolute atomic E-state index is 0.0499. The molecule has 0 aliphatic carbocycles. The third-order valence-electron chi connectivity index (χ3n) is 2.36. The van der Waals surface area contributed by atoms with Crippen molar-refractivity contribution in [3.8, 4) is 0 Å². The van der Waals surface area contributed by atoms with E-state index in [9.17, 15) is 4.79 Å². The van der Waals surface area contributed by atoms with Crippen LogP contribution in [-0.4, -0.2) is 37.1 Å². The number of hydrogen-bond donors (Lipinski definition) is 0. The first-order chi connectivity index (χ1) is 6.33. The lowest BCUT2D eigenvalue weighted by Gasteiger charge is -2.30. The maximum Gasteiger partial charge on any atom is 0.305 e. The number of carbonyl (C=O) groups is 1. The Bertz CT molecular complexity index is 155. The molecule has 0 spiro atoms. The molecule has 1 fully saturated rings.